The highest BCUT2D eigenvalue weighted by molar-refractivity contribution is 7.89. The second kappa shape index (κ2) is 8.29. The van der Waals surface area contributed by atoms with Gasteiger partial charge in [0, 0.05) is 30.6 Å². The quantitative estimate of drug-likeness (QED) is 0.677. The van der Waals surface area contributed by atoms with Gasteiger partial charge in [0.15, 0.2) is 0 Å². The van der Waals surface area contributed by atoms with Crippen LogP contribution >= 0.6 is 0 Å². The minimum absolute atomic E-state index is 0.0333. The van der Waals surface area contributed by atoms with E-state index in [0.29, 0.717) is 5.82 Å². The molecule has 0 saturated carbocycles. The molecular formula is C22H27N5O2S. The zero-order chi connectivity index (χ0) is 21.3. The van der Waals surface area contributed by atoms with Gasteiger partial charge in [-0.1, -0.05) is 30.3 Å². The smallest absolute Gasteiger partial charge is 0.240 e. The van der Waals surface area contributed by atoms with E-state index in [9.17, 15) is 8.42 Å². The monoisotopic (exact) mass is 425 g/mol. The fourth-order valence-corrected chi connectivity index (χ4v) is 5.23. The minimum Gasteiger partial charge on any atom is -0.348 e. The predicted molar refractivity (Wildman–Crippen MR) is 119 cm³/mol. The number of nitrogens with zero attached hydrogens (tertiary/aromatic N) is 4. The standard InChI is InChI=1S/C22H27N5O2S/c1-16-14-26(3)15-17(2)27(16)22-19-11-7-8-12-20(19)24-21(25-22)13-23-30(28,29)18-9-5-4-6-10-18/h4-12,16-17,23H,13-15H2,1-3H3. The average molecular weight is 426 g/mol. The van der Waals surface area contributed by atoms with Crippen molar-refractivity contribution in [3.63, 3.8) is 0 Å². The minimum atomic E-state index is -3.63. The molecule has 2 heterocycles. The summed E-state index contributed by atoms with van der Waals surface area (Å²) in [5, 5.41) is 0.982. The fourth-order valence-electron chi connectivity index (χ4n) is 4.23. The number of hydrogen-bond donors (Lipinski definition) is 1. The highest BCUT2D eigenvalue weighted by atomic mass is 32.2. The van der Waals surface area contributed by atoms with Gasteiger partial charge < -0.3 is 9.80 Å². The summed E-state index contributed by atoms with van der Waals surface area (Å²) in [6.07, 6.45) is 0. The Morgan fingerprint density at radius 2 is 1.60 bits per heavy atom. The first kappa shape index (κ1) is 20.7. The molecule has 1 N–H and O–H groups in total. The first-order valence-corrected chi connectivity index (χ1v) is 11.6. The third-order valence-electron chi connectivity index (χ3n) is 5.45. The van der Waals surface area contributed by atoms with Crippen LogP contribution in [-0.4, -0.2) is 55.5 Å². The van der Waals surface area contributed by atoms with Crippen molar-refractivity contribution in [2.75, 3.05) is 25.0 Å². The maximum Gasteiger partial charge on any atom is 0.240 e. The van der Waals surface area contributed by atoms with E-state index in [1.807, 2.05) is 24.3 Å². The fraction of sp³-hybridized carbons (Fsp3) is 0.364. The third-order valence-corrected chi connectivity index (χ3v) is 6.87. The van der Waals surface area contributed by atoms with Gasteiger partial charge in [-0.25, -0.2) is 23.1 Å². The number of para-hydroxylation sites is 1. The van der Waals surface area contributed by atoms with Gasteiger partial charge in [0.25, 0.3) is 0 Å². The van der Waals surface area contributed by atoms with Gasteiger partial charge >= 0.3 is 0 Å². The van der Waals surface area contributed by atoms with E-state index < -0.39 is 10.0 Å². The van der Waals surface area contributed by atoms with Crippen LogP contribution in [0.4, 0.5) is 5.82 Å². The topological polar surface area (TPSA) is 78.4 Å². The third kappa shape index (κ3) is 4.16. The van der Waals surface area contributed by atoms with E-state index in [4.69, 9.17) is 4.98 Å². The van der Waals surface area contributed by atoms with Crippen molar-refractivity contribution in [2.45, 2.75) is 37.4 Å². The molecule has 8 heteroatoms. The highest BCUT2D eigenvalue weighted by Crippen LogP contribution is 2.29. The maximum absolute atomic E-state index is 12.6. The van der Waals surface area contributed by atoms with E-state index in [1.54, 1.807) is 30.3 Å². The van der Waals surface area contributed by atoms with Crippen molar-refractivity contribution in [1.82, 2.24) is 19.6 Å². The molecule has 2 atom stereocenters. The molecule has 2 unspecified atom stereocenters. The molecule has 1 aliphatic rings. The molecule has 2 aromatic carbocycles. The van der Waals surface area contributed by atoms with Gasteiger partial charge in [-0.15, -0.1) is 0 Å². The van der Waals surface area contributed by atoms with Crippen LogP contribution < -0.4 is 9.62 Å². The molecule has 1 aliphatic heterocycles. The van der Waals surface area contributed by atoms with Crippen molar-refractivity contribution in [2.24, 2.45) is 0 Å². The SMILES string of the molecule is CC1CN(C)CC(C)N1c1nc(CNS(=O)(=O)c2ccccc2)nc2ccccc12. The molecule has 1 saturated heterocycles. The van der Waals surface area contributed by atoms with E-state index in [0.717, 1.165) is 29.8 Å². The molecular weight excluding hydrogens is 398 g/mol. The summed E-state index contributed by atoms with van der Waals surface area (Å²) in [6, 6.07) is 16.8. The zero-order valence-corrected chi connectivity index (χ0v) is 18.3. The summed E-state index contributed by atoms with van der Waals surface area (Å²) < 4.78 is 27.9. The molecule has 1 aromatic heterocycles. The molecule has 7 nitrogen and oxygen atoms in total. The van der Waals surface area contributed by atoms with Crippen LogP contribution in [0.2, 0.25) is 0 Å². The Morgan fingerprint density at radius 3 is 2.30 bits per heavy atom. The van der Waals surface area contributed by atoms with Crippen LogP contribution in [0, 0.1) is 0 Å². The zero-order valence-electron chi connectivity index (χ0n) is 17.5. The Morgan fingerprint density at radius 1 is 0.967 bits per heavy atom. The first-order valence-electron chi connectivity index (χ1n) is 10.1. The summed E-state index contributed by atoms with van der Waals surface area (Å²) in [5.41, 5.74) is 0.815. The van der Waals surface area contributed by atoms with Crippen LogP contribution in [0.25, 0.3) is 10.9 Å². The summed E-state index contributed by atoms with van der Waals surface area (Å²) in [7, 11) is -1.50. The van der Waals surface area contributed by atoms with Crippen LogP contribution in [-0.2, 0) is 16.6 Å². The molecule has 1 fully saturated rings. The maximum atomic E-state index is 12.6. The van der Waals surface area contributed by atoms with Crippen molar-refractivity contribution in [3.8, 4) is 0 Å². The van der Waals surface area contributed by atoms with E-state index in [1.165, 1.54) is 0 Å². The Hall–Kier alpha value is -2.55. The van der Waals surface area contributed by atoms with Crippen LogP contribution in [0.15, 0.2) is 59.5 Å². The second-order valence-electron chi connectivity index (χ2n) is 7.94. The number of likely N-dealkylation sites (N-methyl/N-ethyl adjacent to an activating group) is 1. The number of benzene rings is 2. The lowest BCUT2D eigenvalue weighted by molar-refractivity contribution is 0.239. The van der Waals surface area contributed by atoms with E-state index in [2.05, 4.69) is 40.4 Å². The largest absolute Gasteiger partial charge is 0.348 e. The lowest BCUT2D eigenvalue weighted by Gasteiger charge is -2.44. The van der Waals surface area contributed by atoms with Crippen LogP contribution in [0.5, 0.6) is 0 Å². The average Bonchev–Trinajstić information content (AvgIpc) is 2.72. The summed E-state index contributed by atoms with van der Waals surface area (Å²) in [6.45, 7) is 6.31. The van der Waals surface area contributed by atoms with Crippen molar-refractivity contribution in [1.29, 1.82) is 0 Å². The van der Waals surface area contributed by atoms with Crippen molar-refractivity contribution < 1.29 is 8.42 Å². The summed E-state index contributed by atoms with van der Waals surface area (Å²) in [5.74, 6) is 1.32. The van der Waals surface area contributed by atoms with E-state index >= 15 is 0 Å². The van der Waals surface area contributed by atoms with Crippen LogP contribution in [0.3, 0.4) is 0 Å². The Bertz CT molecular complexity index is 1120. The molecule has 0 amide bonds. The number of fused-ring (bicyclic) bond motifs is 1. The van der Waals surface area contributed by atoms with Gasteiger partial charge in [0.1, 0.15) is 11.6 Å². The van der Waals surface area contributed by atoms with E-state index in [-0.39, 0.29) is 23.5 Å². The molecule has 0 bridgehead atoms. The van der Waals surface area contributed by atoms with Gasteiger partial charge in [0.05, 0.1) is 17.0 Å². The normalized spacial score (nSPS) is 20.6. The second-order valence-corrected chi connectivity index (χ2v) is 9.71. The Balaban J connectivity index is 1.69. The molecule has 0 spiro atoms. The first-order chi connectivity index (χ1) is 14.3. The Kier molecular flexibility index (Phi) is 5.73. The lowest BCUT2D eigenvalue weighted by Crippen LogP contribution is -2.56. The molecule has 158 valence electrons. The number of sulfonamides is 1. The number of hydrogen-bond acceptors (Lipinski definition) is 6. The molecule has 4 rings (SSSR count). The summed E-state index contributed by atoms with van der Waals surface area (Å²) in [4.78, 5) is 14.3. The summed E-state index contributed by atoms with van der Waals surface area (Å²) >= 11 is 0. The van der Waals surface area contributed by atoms with Gasteiger partial charge in [-0.3, -0.25) is 0 Å². The number of aromatic nitrogens is 2. The number of piperazine rings is 1. The molecule has 0 aliphatic carbocycles. The Labute approximate surface area is 177 Å². The van der Waals surface area contributed by atoms with Gasteiger partial charge in [-0.05, 0) is 45.2 Å². The van der Waals surface area contributed by atoms with Crippen molar-refractivity contribution >= 4 is 26.7 Å². The predicted octanol–water partition coefficient (Wildman–Crippen LogP) is 2.64. The molecule has 0 radical (unpaired) electrons. The highest BCUT2D eigenvalue weighted by Gasteiger charge is 2.30. The molecule has 30 heavy (non-hydrogen) atoms. The van der Waals surface area contributed by atoms with Crippen LogP contribution in [0.1, 0.15) is 19.7 Å². The van der Waals surface area contributed by atoms with Gasteiger partial charge in [0.2, 0.25) is 10.0 Å². The number of nitrogens with one attached hydrogen (secondary N) is 1. The van der Waals surface area contributed by atoms with Crippen molar-refractivity contribution in [3.05, 3.63) is 60.4 Å². The lowest BCUT2D eigenvalue weighted by atomic mass is 10.1. The number of rotatable bonds is 5. The molecule has 3 aromatic rings. The number of anilines is 1. The van der Waals surface area contributed by atoms with Gasteiger partial charge in [-0.2, -0.15) is 0 Å².